The van der Waals surface area contributed by atoms with Gasteiger partial charge in [-0.2, -0.15) is 0 Å². The monoisotopic (exact) mass is 184 g/mol. The first-order valence-corrected chi connectivity index (χ1v) is 4.66. The Hall–Kier alpha value is -1.76. The summed E-state index contributed by atoms with van der Waals surface area (Å²) < 4.78 is 0. The number of phenolic OH excluding ortho intramolecular Hbond substituents is 1. The first-order valence-electron chi connectivity index (χ1n) is 4.66. The summed E-state index contributed by atoms with van der Waals surface area (Å²) in [6.45, 7) is 1.97. The number of phenols is 1. The van der Waals surface area contributed by atoms with Crippen molar-refractivity contribution >= 4 is 16.8 Å². The van der Waals surface area contributed by atoms with Crippen LogP contribution in [0.2, 0.25) is 0 Å². The van der Waals surface area contributed by atoms with E-state index in [4.69, 9.17) is 0 Å². The molecule has 0 spiro atoms. The molecular formula is C13H12O. The summed E-state index contributed by atoms with van der Waals surface area (Å²) in [6, 6.07) is 11.6. The lowest BCUT2D eigenvalue weighted by Gasteiger charge is -2.03. The van der Waals surface area contributed by atoms with E-state index < -0.39 is 0 Å². The van der Waals surface area contributed by atoms with Crippen LogP contribution < -0.4 is 0 Å². The van der Waals surface area contributed by atoms with Gasteiger partial charge in [0.15, 0.2) is 0 Å². The number of rotatable bonds is 1. The van der Waals surface area contributed by atoms with Gasteiger partial charge in [-0.3, -0.25) is 0 Å². The van der Waals surface area contributed by atoms with Gasteiger partial charge in [0.05, 0.1) is 0 Å². The molecule has 0 atom stereocenters. The zero-order valence-electron chi connectivity index (χ0n) is 8.07. The van der Waals surface area contributed by atoms with Gasteiger partial charge in [0, 0.05) is 5.39 Å². The summed E-state index contributed by atoms with van der Waals surface area (Å²) in [7, 11) is 0. The van der Waals surface area contributed by atoms with Crippen LogP contribution in [0.4, 0.5) is 0 Å². The predicted octanol–water partition coefficient (Wildman–Crippen LogP) is 3.58. The van der Waals surface area contributed by atoms with Gasteiger partial charge in [-0.15, -0.1) is 0 Å². The molecular weight excluding hydrogens is 172 g/mol. The van der Waals surface area contributed by atoms with Crippen LogP contribution in [-0.2, 0) is 0 Å². The standard InChI is InChI=1S/C13H12O/c1-2-5-10-6-3-7-11-8-4-9-12(14)13(10)11/h2-9,14H,1H3/b5-2+. The maximum atomic E-state index is 9.74. The molecule has 0 aliphatic rings. The summed E-state index contributed by atoms with van der Waals surface area (Å²) in [5, 5.41) is 11.7. The van der Waals surface area contributed by atoms with Gasteiger partial charge < -0.3 is 5.11 Å². The average molecular weight is 184 g/mol. The molecule has 2 aromatic rings. The highest BCUT2D eigenvalue weighted by Crippen LogP contribution is 2.28. The van der Waals surface area contributed by atoms with E-state index in [0.29, 0.717) is 5.75 Å². The zero-order valence-corrected chi connectivity index (χ0v) is 8.07. The summed E-state index contributed by atoms with van der Waals surface area (Å²) in [5.41, 5.74) is 1.06. The van der Waals surface area contributed by atoms with Gasteiger partial charge in [-0.1, -0.05) is 42.5 Å². The Morgan fingerprint density at radius 3 is 2.50 bits per heavy atom. The third kappa shape index (κ3) is 1.37. The molecule has 1 nitrogen and oxygen atoms in total. The van der Waals surface area contributed by atoms with Crippen LogP contribution in [0, 0.1) is 0 Å². The normalized spacial score (nSPS) is 11.2. The second kappa shape index (κ2) is 3.54. The van der Waals surface area contributed by atoms with Gasteiger partial charge in [0.2, 0.25) is 0 Å². The number of hydrogen-bond acceptors (Lipinski definition) is 1. The molecule has 0 aromatic heterocycles. The highest BCUT2D eigenvalue weighted by Gasteiger charge is 2.01. The van der Waals surface area contributed by atoms with Crippen LogP contribution >= 0.6 is 0 Å². The van der Waals surface area contributed by atoms with Crippen molar-refractivity contribution in [3.05, 3.63) is 48.0 Å². The Balaban J connectivity index is 2.84. The molecule has 2 aromatic carbocycles. The summed E-state index contributed by atoms with van der Waals surface area (Å²) >= 11 is 0. The molecule has 1 N–H and O–H groups in total. The highest BCUT2D eigenvalue weighted by molar-refractivity contribution is 5.95. The van der Waals surface area contributed by atoms with E-state index in [1.807, 2.05) is 49.4 Å². The third-order valence-electron chi connectivity index (χ3n) is 2.26. The minimum Gasteiger partial charge on any atom is -0.507 e. The van der Waals surface area contributed by atoms with E-state index in [0.717, 1.165) is 16.3 Å². The largest absolute Gasteiger partial charge is 0.507 e. The van der Waals surface area contributed by atoms with Crippen molar-refractivity contribution < 1.29 is 5.11 Å². The minimum atomic E-state index is 0.344. The first kappa shape index (κ1) is 8.82. The fourth-order valence-electron chi connectivity index (χ4n) is 1.67. The maximum absolute atomic E-state index is 9.74. The van der Waals surface area contributed by atoms with Gasteiger partial charge in [-0.05, 0) is 23.9 Å². The number of aromatic hydroxyl groups is 1. The number of fused-ring (bicyclic) bond motifs is 1. The fraction of sp³-hybridized carbons (Fsp3) is 0.0769. The van der Waals surface area contributed by atoms with E-state index in [9.17, 15) is 5.11 Å². The van der Waals surface area contributed by atoms with Gasteiger partial charge >= 0.3 is 0 Å². The summed E-state index contributed by atoms with van der Waals surface area (Å²) in [6.07, 6.45) is 3.98. The molecule has 0 saturated carbocycles. The summed E-state index contributed by atoms with van der Waals surface area (Å²) in [5.74, 6) is 0.344. The Morgan fingerprint density at radius 1 is 1.07 bits per heavy atom. The molecule has 0 radical (unpaired) electrons. The first-order chi connectivity index (χ1) is 6.83. The summed E-state index contributed by atoms with van der Waals surface area (Å²) in [4.78, 5) is 0. The van der Waals surface area contributed by atoms with Crippen LogP contribution in [0.1, 0.15) is 12.5 Å². The van der Waals surface area contributed by atoms with E-state index >= 15 is 0 Å². The van der Waals surface area contributed by atoms with E-state index in [1.165, 1.54) is 0 Å². The van der Waals surface area contributed by atoms with Crippen molar-refractivity contribution in [2.45, 2.75) is 6.92 Å². The van der Waals surface area contributed by atoms with Gasteiger partial charge in [0.1, 0.15) is 5.75 Å². The van der Waals surface area contributed by atoms with Crippen molar-refractivity contribution in [2.75, 3.05) is 0 Å². The van der Waals surface area contributed by atoms with Crippen LogP contribution in [0.15, 0.2) is 42.5 Å². The Morgan fingerprint density at radius 2 is 1.79 bits per heavy atom. The minimum absolute atomic E-state index is 0.344. The Labute approximate surface area is 83.3 Å². The lowest BCUT2D eigenvalue weighted by molar-refractivity contribution is 0.481. The molecule has 2 rings (SSSR count). The average Bonchev–Trinajstić information content (AvgIpc) is 2.19. The highest BCUT2D eigenvalue weighted by atomic mass is 16.3. The molecule has 70 valence electrons. The van der Waals surface area contributed by atoms with Crippen molar-refractivity contribution in [2.24, 2.45) is 0 Å². The topological polar surface area (TPSA) is 20.2 Å². The van der Waals surface area contributed by atoms with Crippen LogP contribution in [0.3, 0.4) is 0 Å². The zero-order chi connectivity index (χ0) is 9.97. The fourth-order valence-corrected chi connectivity index (χ4v) is 1.67. The lowest BCUT2D eigenvalue weighted by atomic mass is 10.0. The molecule has 0 fully saturated rings. The van der Waals surface area contributed by atoms with Crippen molar-refractivity contribution in [3.63, 3.8) is 0 Å². The SMILES string of the molecule is C/C=C/c1cccc2cccc(O)c12. The Kier molecular flexibility index (Phi) is 2.23. The second-order valence-electron chi connectivity index (χ2n) is 3.22. The van der Waals surface area contributed by atoms with E-state index in [1.54, 1.807) is 6.07 Å². The second-order valence-corrected chi connectivity index (χ2v) is 3.22. The number of allylic oxidation sites excluding steroid dienone is 1. The van der Waals surface area contributed by atoms with Crippen molar-refractivity contribution in [1.29, 1.82) is 0 Å². The maximum Gasteiger partial charge on any atom is 0.124 e. The van der Waals surface area contributed by atoms with E-state index in [-0.39, 0.29) is 0 Å². The lowest BCUT2D eigenvalue weighted by Crippen LogP contribution is -1.78. The quantitative estimate of drug-likeness (QED) is 0.718. The Bertz CT molecular complexity index is 478. The number of hydrogen-bond donors (Lipinski definition) is 1. The molecule has 0 aliphatic heterocycles. The molecule has 0 aliphatic carbocycles. The van der Waals surface area contributed by atoms with Crippen molar-refractivity contribution in [3.8, 4) is 5.75 Å². The van der Waals surface area contributed by atoms with Crippen LogP contribution in [0.25, 0.3) is 16.8 Å². The molecule has 0 saturated heterocycles. The van der Waals surface area contributed by atoms with Crippen LogP contribution in [0.5, 0.6) is 5.75 Å². The third-order valence-corrected chi connectivity index (χ3v) is 2.26. The number of benzene rings is 2. The predicted molar refractivity (Wildman–Crippen MR) is 60.3 cm³/mol. The van der Waals surface area contributed by atoms with Crippen LogP contribution in [-0.4, -0.2) is 5.11 Å². The van der Waals surface area contributed by atoms with Gasteiger partial charge in [0.25, 0.3) is 0 Å². The molecule has 14 heavy (non-hydrogen) atoms. The smallest absolute Gasteiger partial charge is 0.124 e. The van der Waals surface area contributed by atoms with E-state index in [2.05, 4.69) is 0 Å². The molecule has 0 bridgehead atoms. The molecule has 1 heteroatoms. The van der Waals surface area contributed by atoms with Crippen molar-refractivity contribution in [1.82, 2.24) is 0 Å². The van der Waals surface area contributed by atoms with Gasteiger partial charge in [-0.25, -0.2) is 0 Å². The molecule has 0 unspecified atom stereocenters. The molecule has 0 heterocycles. The molecule has 0 amide bonds.